The first-order valence-corrected chi connectivity index (χ1v) is 6.32. The maximum Gasteiger partial charge on any atom is 0.262 e. The first kappa shape index (κ1) is 15.4. The molecular weight excluding hydrogens is 247 g/mol. The Morgan fingerprint density at radius 1 is 1.42 bits per heavy atom. The molecule has 1 rings (SSSR count). The molecule has 1 aromatic rings. The Bertz CT molecular complexity index is 435. The van der Waals surface area contributed by atoms with Gasteiger partial charge < -0.3 is 15.0 Å². The molecule has 0 aliphatic rings. The second kappa shape index (κ2) is 7.09. The van der Waals surface area contributed by atoms with Crippen molar-refractivity contribution in [3.05, 3.63) is 29.6 Å². The van der Waals surface area contributed by atoms with Gasteiger partial charge in [0.1, 0.15) is 11.6 Å². The van der Waals surface area contributed by atoms with Crippen LogP contribution in [0, 0.1) is 5.82 Å². The van der Waals surface area contributed by atoms with Crippen molar-refractivity contribution in [3.63, 3.8) is 0 Å². The molecule has 0 heterocycles. The number of halogens is 1. The largest absolute Gasteiger partial charge is 0.481 e. The highest BCUT2D eigenvalue weighted by molar-refractivity contribution is 5.80. The highest BCUT2D eigenvalue weighted by Gasteiger charge is 2.17. The number of nitrogens with zero attached hydrogens (tertiary/aromatic N) is 1. The van der Waals surface area contributed by atoms with Gasteiger partial charge in [-0.05, 0) is 31.2 Å². The number of ether oxygens (including phenoxy) is 1. The van der Waals surface area contributed by atoms with E-state index in [0.717, 1.165) is 12.1 Å². The molecule has 0 saturated carbocycles. The zero-order valence-corrected chi connectivity index (χ0v) is 11.9. The highest BCUT2D eigenvalue weighted by Crippen LogP contribution is 2.18. The van der Waals surface area contributed by atoms with Gasteiger partial charge in [-0.25, -0.2) is 4.39 Å². The van der Waals surface area contributed by atoms with Gasteiger partial charge in [0.2, 0.25) is 0 Å². The second-order valence-corrected chi connectivity index (χ2v) is 4.57. The van der Waals surface area contributed by atoms with Crippen molar-refractivity contribution in [2.24, 2.45) is 0 Å². The minimum atomic E-state index is -0.635. The molecule has 1 unspecified atom stereocenters. The first-order chi connectivity index (χ1) is 8.93. The van der Waals surface area contributed by atoms with Gasteiger partial charge in [-0.3, -0.25) is 4.79 Å². The van der Waals surface area contributed by atoms with E-state index >= 15 is 0 Å². The van der Waals surface area contributed by atoms with E-state index in [1.54, 1.807) is 27.1 Å². The quantitative estimate of drug-likeness (QED) is 0.855. The van der Waals surface area contributed by atoms with Crippen LogP contribution >= 0.6 is 0 Å². The Hall–Kier alpha value is -1.62. The third kappa shape index (κ3) is 4.87. The molecule has 0 fully saturated rings. The van der Waals surface area contributed by atoms with Gasteiger partial charge in [0, 0.05) is 26.7 Å². The molecule has 1 aromatic carbocycles. The number of carbonyl (C=O) groups excluding carboxylic acids is 1. The molecular formula is C14H21FN2O2. The molecule has 0 aliphatic heterocycles. The number of rotatable bonds is 6. The Balaban J connectivity index is 2.77. The number of benzene rings is 1. The lowest BCUT2D eigenvalue weighted by Crippen LogP contribution is -2.35. The minimum absolute atomic E-state index is 0.155. The number of nitrogens with one attached hydrogen (secondary N) is 1. The van der Waals surface area contributed by atoms with Crippen LogP contribution in [0.15, 0.2) is 18.2 Å². The molecule has 0 radical (unpaired) electrons. The molecule has 1 atom stereocenters. The highest BCUT2D eigenvalue weighted by atomic mass is 19.1. The summed E-state index contributed by atoms with van der Waals surface area (Å²) >= 11 is 0. The maximum absolute atomic E-state index is 13.5. The van der Waals surface area contributed by atoms with Gasteiger partial charge in [-0.2, -0.15) is 0 Å². The van der Waals surface area contributed by atoms with Gasteiger partial charge in [-0.1, -0.05) is 6.92 Å². The van der Waals surface area contributed by atoms with Crippen LogP contribution in [0.4, 0.5) is 4.39 Å². The van der Waals surface area contributed by atoms with E-state index in [2.05, 4.69) is 5.32 Å². The predicted molar refractivity (Wildman–Crippen MR) is 72.6 cm³/mol. The van der Waals surface area contributed by atoms with Crippen molar-refractivity contribution in [1.29, 1.82) is 0 Å². The molecule has 0 saturated heterocycles. The van der Waals surface area contributed by atoms with Gasteiger partial charge in [-0.15, -0.1) is 0 Å². The number of carbonyl (C=O) groups is 1. The SMILES string of the molecule is CCNCc1cc(F)cc(OC(C)C(=O)N(C)C)c1. The Morgan fingerprint density at radius 2 is 2.11 bits per heavy atom. The van der Waals surface area contributed by atoms with Crippen LogP contribution in [0.3, 0.4) is 0 Å². The maximum atomic E-state index is 13.5. The van der Waals surface area contributed by atoms with Crippen LogP contribution in [0.25, 0.3) is 0 Å². The van der Waals surface area contributed by atoms with E-state index < -0.39 is 6.10 Å². The standard InChI is InChI=1S/C14H21FN2O2/c1-5-16-9-11-6-12(15)8-13(7-11)19-10(2)14(18)17(3)4/h6-8,10,16H,5,9H2,1-4H3. The third-order valence-electron chi connectivity index (χ3n) is 2.61. The molecule has 0 spiro atoms. The number of hydrogen-bond acceptors (Lipinski definition) is 3. The van der Waals surface area contributed by atoms with Crippen LogP contribution in [0.2, 0.25) is 0 Å². The van der Waals surface area contributed by atoms with E-state index in [1.165, 1.54) is 17.0 Å². The van der Waals surface area contributed by atoms with E-state index in [4.69, 9.17) is 4.74 Å². The summed E-state index contributed by atoms with van der Waals surface area (Å²) in [6.45, 7) is 5.01. The predicted octanol–water partition coefficient (Wildman–Crippen LogP) is 1.79. The van der Waals surface area contributed by atoms with Crippen molar-refractivity contribution in [2.75, 3.05) is 20.6 Å². The van der Waals surface area contributed by atoms with Crippen LogP contribution < -0.4 is 10.1 Å². The van der Waals surface area contributed by atoms with Gasteiger partial charge in [0.25, 0.3) is 5.91 Å². The summed E-state index contributed by atoms with van der Waals surface area (Å²) in [6.07, 6.45) is -0.635. The molecule has 4 nitrogen and oxygen atoms in total. The Morgan fingerprint density at radius 3 is 2.68 bits per heavy atom. The second-order valence-electron chi connectivity index (χ2n) is 4.57. The molecule has 1 N–H and O–H groups in total. The lowest BCUT2D eigenvalue weighted by molar-refractivity contribution is -0.135. The molecule has 19 heavy (non-hydrogen) atoms. The van der Waals surface area contributed by atoms with Gasteiger partial charge in [0.05, 0.1) is 0 Å². The van der Waals surface area contributed by atoms with Gasteiger partial charge in [0.15, 0.2) is 6.10 Å². The summed E-state index contributed by atoms with van der Waals surface area (Å²) in [7, 11) is 3.31. The van der Waals surface area contributed by atoms with Crippen molar-refractivity contribution in [3.8, 4) is 5.75 Å². The molecule has 1 amide bonds. The third-order valence-corrected chi connectivity index (χ3v) is 2.61. The molecule has 0 bridgehead atoms. The average Bonchev–Trinajstić information content (AvgIpc) is 2.34. The summed E-state index contributed by atoms with van der Waals surface area (Å²) in [4.78, 5) is 13.1. The number of amides is 1. The lowest BCUT2D eigenvalue weighted by Gasteiger charge is -2.18. The topological polar surface area (TPSA) is 41.6 Å². The summed E-state index contributed by atoms with van der Waals surface area (Å²) < 4.78 is 18.9. The Kier molecular flexibility index (Phi) is 5.76. The Labute approximate surface area is 113 Å². The smallest absolute Gasteiger partial charge is 0.262 e. The fourth-order valence-corrected chi connectivity index (χ4v) is 1.68. The summed E-state index contributed by atoms with van der Waals surface area (Å²) in [5.41, 5.74) is 0.793. The molecule has 0 aliphatic carbocycles. The normalized spacial score (nSPS) is 12.1. The van der Waals surface area contributed by atoms with Crippen LogP contribution in [0.5, 0.6) is 5.75 Å². The number of likely N-dealkylation sites (N-methyl/N-ethyl adjacent to an activating group) is 1. The van der Waals surface area contributed by atoms with Crippen LogP contribution in [-0.2, 0) is 11.3 Å². The molecule has 106 valence electrons. The van der Waals surface area contributed by atoms with E-state index in [0.29, 0.717) is 12.3 Å². The fraction of sp³-hybridized carbons (Fsp3) is 0.500. The summed E-state index contributed by atoms with van der Waals surface area (Å²) in [5.74, 6) is -0.150. The monoisotopic (exact) mass is 268 g/mol. The fourth-order valence-electron chi connectivity index (χ4n) is 1.68. The zero-order valence-electron chi connectivity index (χ0n) is 11.9. The van der Waals surface area contributed by atoms with Gasteiger partial charge >= 0.3 is 0 Å². The van der Waals surface area contributed by atoms with E-state index in [9.17, 15) is 9.18 Å². The summed E-state index contributed by atoms with van der Waals surface area (Å²) in [6, 6.07) is 4.48. The first-order valence-electron chi connectivity index (χ1n) is 6.32. The van der Waals surface area contributed by atoms with Crippen LogP contribution in [0.1, 0.15) is 19.4 Å². The van der Waals surface area contributed by atoms with Crippen LogP contribution in [-0.4, -0.2) is 37.6 Å². The molecule has 5 heteroatoms. The van der Waals surface area contributed by atoms with Crippen molar-refractivity contribution in [1.82, 2.24) is 10.2 Å². The molecule has 0 aromatic heterocycles. The summed E-state index contributed by atoms with van der Waals surface area (Å²) in [5, 5.41) is 3.12. The minimum Gasteiger partial charge on any atom is -0.481 e. The van der Waals surface area contributed by atoms with E-state index in [1.807, 2.05) is 6.92 Å². The average molecular weight is 268 g/mol. The number of hydrogen-bond donors (Lipinski definition) is 1. The van der Waals surface area contributed by atoms with Crippen molar-refractivity contribution in [2.45, 2.75) is 26.5 Å². The van der Waals surface area contributed by atoms with E-state index in [-0.39, 0.29) is 11.7 Å². The van der Waals surface area contributed by atoms with Crippen molar-refractivity contribution < 1.29 is 13.9 Å². The zero-order chi connectivity index (χ0) is 14.4. The van der Waals surface area contributed by atoms with Crippen molar-refractivity contribution >= 4 is 5.91 Å². The lowest BCUT2D eigenvalue weighted by atomic mass is 10.2.